The third-order valence-corrected chi connectivity index (χ3v) is 2.42. The fourth-order valence-electron chi connectivity index (χ4n) is 1.48. The number of rotatable bonds is 2. The van der Waals surface area contributed by atoms with Gasteiger partial charge in [-0.25, -0.2) is 0 Å². The normalized spacial score (nSPS) is 9.87. The number of allylic oxidation sites excluding steroid dienone is 3. The van der Waals surface area contributed by atoms with Gasteiger partial charge >= 0.3 is 0 Å². The summed E-state index contributed by atoms with van der Waals surface area (Å²) in [6, 6.07) is 3.76. The van der Waals surface area contributed by atoms with Gasteiger partial charge in [0.2, 0.25) is 0 Å². The van der Waals surface area contributed by atoms with E-state index in [9.17, 15) is 5.11 Å². The molecule has 1 heteroatoms. The number of hydrogen-bond donors (Lipinski definition) is 1. The first-order valence-corrected chi connectivity index (χ1v) is 5.06. The minimum absolute atomic E-state index is 0.306. The molecule has 0 aliphatic carbocycles. The molecule has 0 saturated carbocycles. The molecule has 0 aliphatic rings. The molecule has 1 rings (SSSR count). The fourth-order valence-corrected chi connectivity index (χ4v) is 1.48. The van der Waals surface area contributed by atoms with Gasteiger partial charge in [0.05, 0.1) is 0 Å². The Kier molecular flexibility index (Phi) is 3.35. The van der Waals surface area contributed by atoms with Crippen molar-refractivity contribution in [2.24, 2.45) is 0 Å². The van der Waals surface area contributed by atoms with Crippen LogP contribution in [-0.2, 0) is 0 Å². The molecule has 1 aromatic rings. The Bertz CT molecular complexity index is 421. The van der Waals surface area contributed by atoms with Crippen molar-refractivity contribution in [2.45, 2.75) is 27.7 Å². The van der Waals surface area contributed by atoms with Crippen LogP contribution in [-0.4, -0.2) is 5.11 Å². The molecule has 0 amide bonds. The maximum Gasteiger partial charge on any atom is 0.123 e. The molecule has 0 spiro atoms. The molecule has 0 radical (unpaired) electrons. The third kappa shape index (κ3) is 2.72. The van der Waals surface area contributed by atoms with Gasteiger partial charge in [0.25, 0.3) is 0 Å². The molecular formula is C14H18O. The zero-order chi connectivity index (χ0) is 11.6. The molecule has 1 aromatic carbocycles. The molecular weight excluding hydrogens is 184 g/mol. The first kappa shape index (κ1) is 11.6. The molecule has 0 bridgehead atoms. The fraction of sp³-hybridized carbons (Fsp3) is 0.286. The van der Waals surface area contributed by atoms with Crippen LogP contribution < -0.4 is 0 Å². The summed E-state index contributed by atoms with van der Waals surface area (Å²) < 4.78 is 0. The Labute approximate surface area is 91.8 Å². The van der Waals surface area contributed by atoms with Crippen LogP contribution in [0.2, 0.25) is 0 Å². The lowest BCUT2D eigenvalue weighted by Crippen LogP contribution is -1.87. The van der Waals surface area contributed by atoms with Gasteiger partial charge in [-0.2, -0.15) is 0 Å². The number of benzene rings is 1. The van der Waals surface area contributed by atoms with Gasteiger partial charge in [-0.3, -0.25) is 0 Å². The van der Waals surface area contributed by atoms with Gasteiger partial charge in [0, 0.05) is 5.56 Å². The van der Waals surface area contributed by atoms with Crippen LogP contribution in [0.5, 0.6) is 5.75 Å². The summed E-state index contributed by atoms with van der Waals surface area (Å²) in [6.07, 6.45) is 1.98. The van der Waals surface area contributed by atoms with Crippen LogP contribution >= 0.6 is 0 Å². The summed E-state index contributed by atoms with van der Waals surface area (Å²) in [4.78, 5) is 0. The van der Waals surface area contributed by atoms with Crippen molar-refractivity contribution < 1.29 is 5.11 Å². The highest BCUT2D eigenvalue weighted by Crippen LogP contribution is 2.28. The number of hydrogen-bond acceptors (Lipinski definition) is 1. The highest BCUT2D eigenvalue weighted by Gasteiger charge is 2.05. The topological polar surface area (TPSA) is 20.2 Å². The SMILES string of the molecule is C=C(C=C(C)C)c1cc(C)c(C)cc1O. The van der Waals surface area contributed by atoms with Crippen LogP contribution in [0.3, 0.4) is 0 Å². The lowest BCUT2D eigenvalue weighted by atomic mass is 9.99. The number of phenols is 1. The summed E-state index contributed by atoms with van der Waals surface area (Å²) in [7, 11) is 0. The maximum atomic E-state index is 9.81. The second-order valence-corrected chi connectivity index (χ2v) is 4.20. The largest absolute Gasteiger partial charge is 0.507 e. The van der Waals surface area contributed by atoms with Gasteiger partial charge in [-0.1, -0.05) is 18.2 Å². The number of aryl methyl sites for hydroxylation is 2. The van der Waals surface area contributed by atoms with Crippen molar-refractivity contribution in [2.75, 3.05) is 0 Å². The Hall–Kier alpha value is -1.50. The summed E-state index contributed by atoms with van der Waals surface area (Å²) in [6.45, 7) is 12.0. The van der Waals surface area contributed by atoms with E-state index in [1.807, 2.05) is 39.8 Å². The van der Waals surface area contributed by atoms with Gasteiger partial charge in [-0.15, -0.1) is 0 Å². The minimum atomic E-state index is 0.306. The molecule has 15 heavy (non-hydrogen) atoms. The molecule has 1 N–H and O–H groups in total. The quantitative estimate of drug-likeness (QED) is 0.719. The Morgan fingerprint density at radius 1 is 1.20 bits per heavy atom. The Morgan fingerprint density at radius 2 is 1.73 bits per heavy atom. The highest BCUT2D eigenvalue weighted by molar-refractivity contribution is 5.77. The summed E-state index contributed by atoms with van der Waals surface area (Å²) in [5.41, 5.74) is 5.12. The third-order valence-electron chi connectivity index (χ3n) is 2.42. The molecule has 0 atom stereocenters. The van der Waals surface area contributed by atoms with Crippen LogP contribution in [0, 0.1) is 13.8 Å². The van der Waals surface area contributed by atoms with Crippen molar-refractivity contribution in [1.29, 1.82) is 0 Å². The van der Waals surface area contributed by atoms with E-state index in [0.717, 1.165) is 16.7 Å². The standard InChI is InChI=1S/C14H18O/c1-9(2)6-12(5)13-7-10(3)11(4)8-14(13)15/h6-8,15H,5H2,1-4H3. The van der Waals surface area contributed by atoms with Crippen LogP contribution in [0.25, 0.3) is 5.57 Å². The Balaban J connectivity index is 3.21. The van der Waals surface area contributed by atoms with Crippen molar-refractivity contribution in [1.82, 2.24) is 0 Å². The first-order chi connectivity index (χ1) is 6.91. The average Bonchev–Trinajstić information content (AvgIpc) is 2.09. The molecule has 0 heterocycles. The highest BCUT2D eigenvalue weighted by atomic mass is 16.3. The second kappa shape index (κ2) is 4.35. The van der Waals surface area contributed by atoms with E-state index in [4.69, 9.17) is 0 Å². The monoisotopic (exact) mass is 202 g/mol. The minimum Gasteiger partial charge on any atom is -0.507 e. The second-order valence-electron chi connectivity index (χ2n) is 4.20. The van der Waals surface area contributed by atoms with E-state index in [-0.39, 0.29) is 0 Å². The molecule has 0 unspecified atom stereocenters. The first-order valence-electron chi connectivity index (χ1n) is 5.06. The van der Waals surface area contributed by atoms with Gasteiger partial charge < -0.3 is 5.11 Å². The molecule has 1 nitrogen and oxygen atoms in total. The molecule has 0 fully saturated rings. The van der Waals surface area contributed by atoms with Crippen LogP contribution in [0.1, 0.15) is 30.5 Å². The van der Waals surface area contributed by atoms with E-state index >= 15 is 0 Å². The molecule has 80 valence electrons. The lowest BCUT2D eigenvalue weighted by Gasteiger charge is -2.08. The predicted octanol–water partition coefficient (Wildman–Crippen LogP) is 3.99. The zero-order valence-corrected chi connectivity index (χ0v) is 9.89. The summed E-state index contributed by atoms with van der Waals surface area (Å²) >= 11 is 0. The van der Waals surface area contributed by atoms with E-state index in [1.165, 1.54) is 11.1 Å². The zero-order valence-electron chi connectivity index (χ0n) is 9.89. The average molecular weight is 202 g/mol. The van der Waals surface area contributed by atoms with E-state index in [0.29, 0.717) is 5.75 Å². The predicted molar refractivity (Wildman–Crippen MR) is 66.0 cm³/mol. The van der Waals surface area contributed by atoms with Crippen LogP contribution in [0.15, 0.2) is 30.4 Å². The Morgan fingerprint density at radius 3 is 2.27 bits per heavy atom. The summed E-state index contributed by atoms with van der Waals surface area (Å²) in [5, 5.41) is 9.81. The van der Waals surface area contributed by atoms with Crippen molar-refractivity contribution >= 4 is 5.57 Å². The molecule has 0 saturated heterocycles. The van der Waals surface area contributed by atoms with Gasteiger partial charge in [-0.05, 0) is 56.5 Å². The maximum absolute atomic E-state index is 9.81. The van der Waals surface area contributed by atoms with Crippen molar-refractivity contribution in [3.8, 4) is 5.75 Å². The van der Waals surface area contributed by atoms with E-state index in [2.05, 4.69) is 6.58 Å². The van der Waals surface area contributed by atoms with Crippen molar-refractivity contribution in [3.63, 3.8) is 0 Å². The van der Waals surface area contributed by atoms with E-state index < -0.39 is 0 Å². The van der Waals surface area contributed by atoms with Crippen molar-refractivity contribution in [3.05, 3.63) is 47.1 Å². The van der Waals surface area contributed by atoms with Gasteiger partial charge in [0.1, 0.15) is 5.75 Å². The van der Waals surface area contributed by atoms with E-state index in [1.54, 1.807) is 6.07 Å². The number of phenolic OH excluding ortho intramolecular Hbond substituents is 1. The smallest absolute Gasteiger partial charge is 0.123 e. The van der Waals surface area contributed by atoms with Gasteiger partial charge in [0.15, 0.2) is 0 Å². The molecule has 0 aromatic heterocycles. The number of aromatic hydroxyl groups is 1. The molecule has 0 aliphatic heterocycles. The van der Waals surface area contributed by atoms with Crippen LogP contribution in [0.4, 0.5) is 0 Å². The summed E-state index contributed by atoms with van der Waals surface area (Å²) in [5.74, 6) is 0.306. The lowest BCUT2D eigenvalue weighted by molar-refractivity contribution is 0.473.